The normalized spacial score (nSPS) is 11.6. The third-order valence-corrected chi connectivity index (χ3v) is 3.50. The second-order valence-corrected chi connectivity index (χ2v) is 5.95. The molecule has 0 heterocycles. The molecule has 5 nitrogen and oxygen atoms in total. The van der Waals surface area contributed by atoms with E-state index in [1.54, 1.807) is 13.2 Å². The van der Waals surface area contributed by atoms with Crippen LogP contribution in [0, 0.1) is 15.5 Å². The van der Waals surface area contributed by atoms with Crippen molar-refractivity contribution in [2.45, 2.75) is 26.8 Å². The van der Waals surface area contributed by atoms with Gasteiger partial charge in [0.2, 0.25) is 0 Å². The molecule has 0 aliphatic rings. The Morgan fingerprint density at radius 2 is 2.15 bits per heavy atom. The van der Waals surface area contributed by atoms with E-state index in [-0.39, 0.29) is 11.1 Å². The average molecular weight is 301 g/mol. The third-order valence-electron chi connectivity index (χ3n) is 3.15. The highest BCUT2D eigenvalue weighted by Gasteiger charge is 2.17. The number of benzene rings is 1. The molecule has 0 amide bonds. The van der Waals surface area contributed by atoms with Crippen LogP contribution in [0.2, 0.25) is 5.02 Å². The van der Waals surface area contributed by atoms with Crippen LogP contribution in [0.1, 0.15) is 25.8 Å². The van der Waals surface area contributed by atoms with E-state index < -0.39 is 4.92 Å². The van der Waals surface area contributed by atoms with Gasteiger partial charge in [-0.05, 0) is 23.5 Å². The molecule has 112 valence electrons. The Kier molecular flexibility index (Phi) is 6.39. The third kappa shape index (κ3) is 5.45. The zero-order chi connectivity index (χ0) is 15.2. The molecule has 0 bridgehead atoms. The van der Waals surface area contributed by atoms with Crippen LogP contribution in [0.3, 0.4) is 0 Å². The summed E-state index contributed by atoms with van der Waals surface area (Å²) in [6.07, 6.45) is 0.963. The first kappa shape index (κ1) is 16.9. The van der Waals surface area contributed by atoms with Crippen molar-refractivity contribution in [3.8, 4) is 0 Å². The highest BCUT2D eigenvalue weighted by atomic mass is 35.5. The van der Waals surface area contributed by atoms with Crippen LogP contribution in [0.25, 0.3) is 0 Å². The number of nitro groups is 1. The summed E-state index contributed by atoms with van der Waals surface area (Å²) in [5, 5.41) is 14.4. The first-order valence-corrected chi connectivity index (χ1v) is 6.86. The minimum absolute atomic E-state index is 0.0131. The van der Waals surface area contributed by atoms with E-state index in [0.29, 0.717) is 11.6 Å². The predicted molar refractivity (Wildman–Crippen MR) is 80.1 cm³/mol. The van der Waals surface area contributed by atoms with Gasteiger partial charge in [0.05, 0.1) is 9.95 Å². The number of ether oxygens (including phenoxy) is 1. The van der Waals surface area contributed by atoms with E-state index in [9.17, 15) is 10.1 Å². The van der Waals surface area contributed by atoms with Gasteiger partial charge in [0.15, 0.2) is 0 Å². The Morgan fingerprint density at radius 3 is 2.70 bits per heavy atom. The van der Waals surface area contributed by atoms with Crippen molar-refractivity contribution in [1.82, 2.24) is 5.32 Å². The van der Waals surface area contributed by atoms with Gasteiger partial charge < -0.3 is 10.1 Å². The Bertz CT molecular complexity index is 464. The lowest BCUT2D eigenvalue weighted by molar-refractivity contribution is -0.384. The van der Waals surface area contributed by atoms with E-state index in [1.165, 1.54) is 12.1 Å². The van der Waals surface area contributed by atoms with Crippen molar-refractivity contribution in [3.63, 3.8) is 0 Å². The van der Waals surface area contributed by atoms with E-state index in [0.717, 1.165) is 25.1 Å². The predicted octanol–water partition coefficient (Wildman–Crippen LogP) is 3.40. The van der Waals surface area contributed by atoms with Gasteiger partial charge in [-0.2, -0.15) is 0 Å². The Morgan fingerprint density at radius 1 is 1.45 bits per heavy atom. The van der Waals surface area contributed by atoms with Gasteiger partial charge in [-0.15, -0.1) is 0 Å². The van der Waals surface area contributed by atoms with Gasteiger partial charge >= 0.3 is 0 Å². The van der Waals surface area contributed by atoms with Crippen LogP contribution >= 0.6 is 11.6 Å². The fourth-order valence-electron chi connectivity index (χ4n) is 1.80. The second-order valence-electron chi connectivity index (χ2n) is 5.54. The number of nitro benzene ring substituents is 1. The summed E-state index contributed by atoms with van der Waals surface area (Å²) >= 11 is 6.04. The molecular formula is C14H21ClN2O3. The van der Waals surface area contributed by atoms with Crippen LogP contribution in [0.5, 0.6) is 0 Å². The van der Waals surface area contributed by atoms with Crippen LogP contribution in [-0.2, 0) is 11.3 Å². The van der Waals surface area contributed by atoms with Crippen LogP contribution < -0.4 is 5.32 Å². The molecule has 0 saturated heterocycles. The smallest absolute Gasteiger partial charge is 0.270 e. The van der Waals surface area contributed by atoms with Crippen molar-refractivity contribution < 1.29 is 9.66 Å². The molecule has 0 fully saturated rings. The number of nitrogens with zero attached hydrogens (tertiary/aromatic N) is 1. The molecular weight excluding hydrogens is 280 g/mol. The van der Waals surface area contributed by atoms with Crippen molar-refractivity contribution in [3.05, 3.63) is 38.9 Å². The zero-order valence-corrected chi connectivity index (χ0v) is 12.9. The SMILES string of the molecule is COCCC(C)(C)CNCc1ccc([N+](=O)[O-])cc1Cl. The first-order valence-electron chi connectivity index (χ1n) is 6.48. The minimum Gasteiger partial charge on any atom is -0.385 e. The second kappa shape index (κ2) is 7.57. The number of non-ortho nitro benzene ring substituents is 1. The monoisotopic (exact) mass is 300 g/mol. The summed E-state index contributed by atoms with van der Waals surface area (Å²) in [5.41, 5.74) is 1.00. The number of hydrogen-bond donors (Lipinski definition) is 1. The van der Waals surface area contributed by atoms with Gasteiger partial charge in [-0.3, -0.25) is 10.1 Å². The summed E-state index contributed by atoms with van der Waals surface area (Å²) in [6.45, 7) is 6.47. The molecule has 0 unspecified atom stereocenters. The van der Waals surface area contributed by atoms with Gasteiger partial charge in [-0.25, -0.2) is 0 Å². The molecule has 0 spiro atoms. The molecule has 20 heavy (non-hydrogen) atoms. The molecule has 0 atom stereocenters. The van der Waals surface area contributed by atoms with Crippen molar-refractivity contribution in [2.24, 2.45) is 5.41 Å². The number of halogens is 1. The maximum Gasteiger partial charge on any atom is 0.270 e. The molecule has 0 saturated carbocycles. The molecule has 6 heteroatoms. The summed E-state index contributed by atoms with van der Waals surface area (Å²) in [7, 11) is 1.69. The van der Waals surface area contributed by atoms with E-state index >= 15 is 0 Å². The Balaban J connectivity index is 2.52. The Hall–Kier alpha value is -1.17. The number of hydrogen-bond acceptors (Lipinski definition) is 4. The number of methoxy groups -OCH3 is 1. The molecule has 1 aromatic carbocycles. The first-order chi connectivity index (χ1) is 9.35. The van der Waals surface area contributed by atoms with Gasteiger partial charge in [0.25, 0.3) is 5.69 Å². The van der Waals surface area contributed by atoms with Crippen LogP contribution in [-0.4, -0.2) is 25.2 Å². The largest absolute Gasteiger partial charge is 0.385 e. The summed E-state index contributed by atoms with van der Waals surface area (Å²) in [5.74, 6) is 0. The maximum atomic E-state index is 10.6. The van der Waals surface area contributed by atoms with Crippen molar-refractivity contribution in [1.29, 1.82) is 0 Å². The van der Waals surface area contributed by atoms with Crippen molar-refractivity contribution in [2.75, 3.05) is 20.3 Å². The highest BCUT2D eigenvalue weighted by molar-refractivity contribution is 6.31. The number of rotatable bonds is 8. The molecule has 1 N–H and O–H groups in total. The topological polar surface area (TPSA) is 64.4 Å². The van der Waals surface area contributed by atoms with E-state index in [4.69, 9.17) is 16.3 Å². The van der Waals surface area contributed by atoms with Crippen LogP contribution in [0.15, 0.2) is 18.2 Å². The van der Waals surface area contributed by atoms with Gasteiger partial charge in [0.1, 0.15) is 0 Å². The fourth-order valence-corrected chi connectivity index (χ4v) is 2.04. The molecule has 1 aromatic rings. The zero-order valence-electron chi connectivity index (χ0n) is 12.1. The van der Waals surface area contributed by atoms with Crippen LogP contribution in [0.4, 0.5) is 5.69 Å². The number of nitrogens with one attached hydrogen (secondary N) is 1. The standard InChI is InChI=1S/C14H21ClN2O3/c1-14(2,6-7-20-3)10-16-9-11-4-5-12(17(18)19)8-13(11)15/h4-5,8,16H,6-7,9-10H2,1-3H3. The van der Waals surface area contributed by atoms with E-state index in [2.05, 4.69) is 19.2 Å². The lowest BCUT2D eigenvalue weighted by Gasteiger charge is -2.24. The summed E-state index contributed by atoms with van der Waals surface area (Å²) in [6, 6.07) is 4.54. The minimum atomic E-state index is -0.447. The van der Waals surface area contributed by atoms with Gasteiger partial charge in [0, 0.05) is 38.9 Å². The molecule has 0 aliphatic heterocycles. The summed E-state index contributed by atoms with van der Waals surface area (Å²) in [4.78, 5) is 10.2. The lowest BCUT2D eigenvalue weighted by atomic mass is 9.89. The molecule has 0 aliphatic carbocycles. The molecule has 0 radical (unpaired) electrons. The highest BCUT2D eigenvalue weighted by Crippen LogP contribution is 2.23. The van der Waals surface area contributed by atoms with Gasteiger partial charge in [-0.1, -0.05) is 25.4 Å². The molecule has 1 rings (SSSR count). The van der Waals surface area contributed by atoms with Crippen molar-refractivity contribution >= 4 is 17.3 Å². The quantitative estimate of drug-likeness (QED) is 0.590. The maximum absolute atomic E-state index is 10.6. The molecule has 0 aromatic heterocycles. The fraction of sp³-hybridized carbons (Fsp3) is 0.571. The lowest BCUT2D eigenvalue weighted by Crippen LogP contribution is -2.30. The average Bonchev–Trinajstić information content (AvgIpc) is 2.38. The van der Waals surface area contributed by atoms with E-state index in [1.807, 2.05) is 0 Å². The Labute approximate surface area is 124 Å². The summed E-state index contributed by atoms with van der Waals surface area (Å²) < 4.78 is 5.08.